The lowest BCUT2D eigenvalue weighted by molar-refractivity contribution is -0.142. The summed E-state index contributed by atoms with van der Waals surface area (Å²) in [5.41, 5.74) is -0.455. The highest BCUT2D eigenvalue weighted by molar-refractivity contribution is 6.33. The van der Waals surface area contributed by atoms with E-state index in [0.717, 1.165) is 0 Å². The van der Waals surface area contributed by atoms with Crippen LogP contribution in [-0.2, 0) is 14.4 Å². The smallest absolute Gasteiger partial charge is 0.282 e. The summed E-state index contributed by atoms with van der Waals surface area (Å²) in [7, 11) is 0. The number of nitrogens with zero attached hydrogens (tertiary/aromatic N) is 2. The molecule has 1 saturated heterocycles. The Morgan fingerprint density at radius 2 is 2.10 bits per heavy atom. The van der Waals surface area contributed by atoms with Crippen molar-refractivity contribution in [1.29, 1.82) is 0 Å². The lowest BCUT2D eigenvalue weighted by atomic mass is 10.2. The maximum absolute atomic E-state index is 11.9. The van der Waals surface area contributed by atoms with Crippen molar-refractivity contribution in [1.82, 2.24) is 4.90 Å². The average molecular weight is 317 g/mol. The molecule has 20 heavy (non-hydrogen) atoms. The van der Waals surface area contributed by atoms with Crippen molar-refractivity contribution in [3.63, 3.8) is 0 Å². The minimum absolute atomic E-state index is 0.314. The van der Waals surface area contributed by atoms with E-state index in [1.54, 1.807) is 17.0 Å². The number of oxime groups is 1. The van der Waals surface area contributed by atoms with Gasteiger partial charge in [0.2, 0.25) is 0 Å². The summed E-state index contributed by atoms with van der Waals surface area (Å²) < 4.78 is 5.16. The zero-order valence-corrected chi connectivity index (χ0v) is 12.2. The first-order valence-corrected chi connectivity index (χ1v) is 6.94. The third-order valence-electron chi connectivity index (χ3n) is 2.77. The average Bonchev–Trinajstić information content (AvgIpc) is 2.49. The van der Waals surface area contributed by atoms with E-state index in [9.17, 15) is 4.79 Å². The fourth-order valence-electron chi connectivity index (χ4n) is 1.69. The van der Waals surface area contributed by atoms with Crippen LogP contribution < -0.4 is 0 Å². The molecule has 0 spiro atoms. The predicted molar refractivity (Wildman–Crippen MR) is 77.2 cm³/mol. The van der Waals surface area contributed by atoms with E-state index in [1.165, 1.54) is 6.21 Å². The summed E-state index contributed by atoms with van der Waals surface area (Å²) in [6.45, 7) is 2.05. The van der Waals surface area contributed by atoms with Crippen molar-refractivity contribution < 1.29 is 14.4 Å². The monoisotopic (exact) mass is 316 g/mol. The van der Waals surface area contributed by atoms with Gasteiger partial charge in [-0.3, -0.25) is 4.79 Å². The summed E-state index contributed by atoms with van der Waals surface area (Å²) in [6, 6.07) is 7.15. The van der Waals surface area contributed by atoms with Gasteiger partial charge in [0.1, 0.15) is 0 Å². The summed E-state index contributed by atoms with van der Waals surface area (Å²) >= 11 is 11.8. The van der Waals surface area contributed by atoms with Crippen LogP contribution in [0.15, 0.2) is 29.4 Å². The van der Waals surface area contributed by atoms with Crippen molar-refractivity contribution in [2.24, 2.45) is 5.16 Å². The Labute approximate surface area is 127 Å². The van der Waals surface area contributed by atoms with E-state index in [4.69, 9.17) is 32.8 Å². The van der Waals surface area contributed by atoms with Gasteiger partial charge in [0, 0.05) is 23.7 Å². The fraction of sp³-hybridized carbons (Fsp3) is 0.385. The third-order valence-corrected chi connectivity index (χ3v) is 3.38. The van der Waals surface area contributed by atoms with Crippen LogP contribution in [0.5, 0.6) is 0 Å². The molecule has 0 aliphatic carbocycles. The predicted octanol–water partition coefficient (Wildman–Crippen LogP) is 2.11. The fourth-order valence-corrected chi connectivity index (χ4v) is 2.06. The minimum Gasteiger partial charge on any atom is -0.378 e. The van der Waals surface area contributed by atoms with Gasteiger partial charge in [-0.25, -0.2) is 0 Å². The number of amides is 1. The third kappa shape index (κ3) is 4.10. The molecule has 1 aliphatic rings. The molecule has 1 heterocycles. The number of hydrogen-bond acceptors (Lipinski definition) is 4. The van der Waals surface area contributed by atoms with Gasteiger partial charge in [0.05, 0.1) is 19.4 Å². The van der Waals surface area contributed by atoms with Crippen LogP contribution in [0.2, 0.25) is 5.02 Å². The Kier molecular flexibility index (Phi) is 5.64. The molecule has 1 aliphatic heterocycles. The van der Waals surface area contributed by atoms with E-state index >= 15 is 0 Å². The van der Waals surface area contributed by atoms with Gasteiger partial charge in [-0.15, -0.1) is 0 Å². The number of carbonyl (C=O) groups excluding carboxylic acids is 1. The number of carbonyl (C=O) groups is 1. The van der Waals surface area contributed by atoms with Crippen LogP contribution >= 0.6 is 23.2 Å². The van der Waals surface area contributed by atoms with Gasteiger partial charge in [-0.2, -0.15) is 0 Å². The van der Waals surface area contributed by atoms with Crippen LogP contribution in [0.25, 0.3) is 0 Å². The van der Waals surface area contributed by atoms with Crippen molar-refractivity contribution in [3.8, 4) is 0 Å². The number of morpholine rings is 1. The van der Waals surface area contributed by atoms with Gasteiger partial charge in [-0.1, -0.05) is 46.6 Å². The van der Waals surface area contributed by atoms with Gasteiger partial charge < -0.3 is 14.5 Å². The van der Waals surface area contributed by atoms with E-state index in [1.807, 2.05) is 12.1 Å². The maximum atomic E-state index is 11.9. The highest BCUT2D eigenvalue weighted by atomic mass is 35.5. The van der Waals surface area contributed by atoms with Crippen molar-refractivity contribution >= 4 is 35.3 Å². The van der Waals surface area contributed by atoms with Gasteiger partial charge in [-0.05, 0) is 6.07 Å². The van der Waals surface area contributed by atoms with E-state index < -0.39 is 5.56 Å². The molecular weight excluding hydrogens is 303 g/mol. The number of hydrogen-bond donors (Lipinski definition) is 0. The molecule has 5 nitrogen and oxygen atoms in total. The van der Waals surface area contributed by atoms with Crippen molar-refractivity contribution in [3.05, 3.63) is 34.9 Å². The molecule has 0 radical (unpaired) electrons. The second kappa shape index (κ2) is 7.47. The largest absolute Gasteiger partial charge is 0.378 e. The first kappa shape index (κ1) is 15.1. The first-order chi connectivity index (χ1) is 9.68. The van der Waals surface area contributed by atoms with Crippen LogP contribution in [0, 0.1) is 0 Å². The molecule has 1 fully saturated rings. The summed E-state index contributed by atoms with van der Waals surface area (Å²) in [4.78, 5) is 18.5. The number of benzene rings is 1. The van der Waals surface area contributed by atoms with Gasteiger partial charge >= 0.3 is 0 Å². The molecule has 7 heteroatoms. The Morgan fingerprint density at radius 3 is 2.80 bits per heavy atom. The minimum atomic E-state index is -1.15. The molecule has 1 unspecified atom stereocenters. The number of rotatable bonds is 4. The van der Waals surface area contributed by atoms with Crippen LogP contribution in [0.3, 0.4) is 0 Å². The highest BCUT2D eigenvalue weighted by Gasteiger charge is 2.25. The molecule has 0 saturated carbocycles. The zero-order chi connectivity index (χ0) is 14.4. The highest BCUT2D eigenvalue weighted by Crippen LogP contribution is 2.13. The molecule has 0 N–H and O–H groups in total. The number of halogens is 2. The Hall–Kier alpha value is -1.30. The lowest BCUT2D eigenvalue weighted by Gasteiger charge is -2.27. The SMILES string of the molecule is O=C(C(Cl)ON=Cc1ccccc1Cl)N1CCOCC1. The normalized spacial score (nSPS) is 17.2. The Bertz CT molecular complexity index is 490. The number of alkyl halides is 1. The topological polar surface area (TPSA) is 51.1 Å². The van der Waals surface area contributed by atoms with Gasteiger partial charge in [0.15, 0.2) is 0 Å². The summed E-state index contributed by atoms with van der Waals surface area (Å²) in [5.74, 6) is -0.314. The maximum Gasteiger partial charge on any atom is 0.282 e. The standard InChI is InChI=1S/C13H14Cl2N2O3/c14-11-4-2-1-3-10(11)9-16-20-12(15)13(18)17-5-7-19-8-6-17/h1-4,9,12H,5-8H2. The first-order valence-electron chi connectivity index (χ1n) is 6.13. The molecule has 1 aromatic rings. The molecule has 0 aromatic heterocycles. The Balaban J connectivity index is 1.86. The van der Waals surface area contributed by atoms with E-state index in [2.05, 4.69) is 5.16 Å². The second-order valence-electron chi connectivity index (χ2n) is 4.12. The summed E-state index contributed by atoms with van der Waals surface area (Å²) in [5, 5.41) is 4.24. The molecule has 108 valence electrons. The second-order valence-corrected chi connectivity index (χ2v) is 4.92. The molecule has 1 amide bonds. The Morgan fingerprint density at radius 1 is 1.40 bits per heavy atom. The lowest BCUT2D eigenvalue weighted by Crippen LogP contribution is -2.44. The van der Waals surface area contributed by atoms with Crippen LogP contribution in [-0.4, -0.2) is 48.9 Å². The molecule has 1 atom stereocenters. The van der Waals surface area contributed by atoms with Crippen molar-refractivity contribution in [2.75, 3.05) is 26.3 Å². The van der Waals surface area contributed by atoms with Gasteiger partial charge in [0.25, 0.3) is 11.5 Å². The molecular formula is C13H14Cl2N2O3. The van der Waals surface area contributed by atoms with Crippen LogP contribution in [0.4, 0.5) is 0 Å². The van der Waals surface area contributed by atoms with E-state index in [0.29, 0.717) is 36.9 Å². The molecule has 1 aromatic carbocycles. The summed E-state index contributed by atoms with van der Waals surface area (Å²) in [6.07, 6.45) is 1.42. The molecule has 0 bridgehead atoms. The molecule has 2 rings (SSSR count). The zero-order valence-electron chi connectivity index (χ0n) is 10.7. The van der Waals surface area contributed by atoms with Crippen molar-refractivity contribution in [2.45, 2.75) is 5.56 Å². The number of ether oxygens (including phenoxy) is 1. The quantitative estimate of drug-likeness (QED) is 0.485. The van der Waals surface area contributed by atoms with E-state index in [-0.39, 0.29) is 5.91 Å². The van der Waals surface area contributed by atoms with Crippen LogP contribution in [0.1, 0.15) is 5.56 Å².